The number of hydrogen-bond acceptors (Lipinski definition) is 21. The molecule has 4 N–H and O–H groups in total. The second-order valence-electron chi connectivity index (χ2n) is 6.76. The minimum absolute atomic E-state index is 0. The predicted molar refractivity (Wildman–Crippen MR) is 170 cm³/mol. The number of hydrazone groups is 2. The number of hydrogen-bond donors (Lipinski definition) is 4. The van der Waals surface area contributed by atoms with Crippen LogP contribution in [0.2, 0.25) is 0 Å². The van der Waals surface area contributed by atoms with Gasteiger partial charge in [-0.15, -0.1) is 0 Å². The number of nitrogens with one attached hydrogen (secondary N) is 2. The van der Waals surface area contributed by atoms with Crippen LogP contribution in [0.3, 0.4) is 0 Å². The quantitative estimate of drug-likeness (QED) is 0.111. The Labute approximate surface area is 319 Å². The van der Waals surface area contributed by atoms with Gasteiger partial charge in [0.05, 0.1) is 51.5 Å². The van der Waals surface area contributed by atoms with Crippen molar-refractivity contribution in [1.29, 1.82) is 0 Å². The van der Waals surface area contributed by atoms with Crippen molar-refractivity contribution >= 4 is 24.2 Å². The molecule has 4 aromatic rings. The first-order valence-corrected chi connectivity index (χ1v) is 12.3. The van der Waals surface area contributed by atoms with Gasteiger partial charge in [0.2, 0.25) is 0 Å². The smallest absolute Gasteiger partial charge is 0.400 e. The van der Waals surface area contributed by atoms with Crippen LogP contribution in [0.5, 0.6) is 0 Å². The molecule has 0 fully saturated rings. The molecule has 0 aliphatic carbocycles. The van der Waals surface area contributed by atoms with Crippen molar-refractivity contribution in [2.75, 3.05) is 14.2 Å². The van der Waals surface area contributed by atoms with Gasteiger partial charge in [0.1, 0.15) is 11.4 Å². The van der Waals surface area contributed by atoms with Crippen LogP contribution in [-0.4, -0.2) is 93.8 Å². The minimum Gasteiger partial charge on any atom is -0.400 e. The zero-order valence-corrected chi connectivity index (χ0v) is 29.2. The number of rotatable bonds is 6. The van der Waals surface area contributed by atoms with E-state index in [1.807, 2.05) is 12.1 Å². The number of carbonyl (C=O) groups is 2. The van der Waals surface area contributed by atoms with Gasteiger partial charge in [0.15, 0.2) is 0 Å². The maximum Gasteiger partial charge on any atom is 3.00 e. The van der Waals surface area contributed by atoms with Gasteiger partial charge in [-0.3, -0.25) is 29.5 Å². The summed E-state index contributed by atoms with van der Waals surface area (Å²) in [6, 6.07) is 10.8. The number of nitrogens with zero attached hydrogens (tertiary/aromatic N) is 11. The van der Waals surface area contributed by atoms with Crippen molar-refractivity contribution in [3.8, 4) is 0 Å². The Hall–Kier alpha value is -6.36. The van der Waals surface area contributed by atoms with Gasteiger partial charge in [0, 0.05) is 51.4 Å². The van der Waals surface area contributed by atoms with E-state index in [-0.39, 0.29) is 53.1 Å². The van der Waals surface area contributed by atoms with E-state index in [1.165, 1.54) is 49.6 Å². The molecule has 1 radical (unpaired) electrons. The zero-order valence-electron chi connectivity index (χ0n) is 26.0. The molecule has 26 nitrogen and oxygen atoms in total. The van der Waals surface area contributed by atoms with Crippen LogP contribution in [-0.2, 0) is 0 Å². The fourth-order valence-corrected chi connectivity index (χ4v) is 2.17. The van der Waals surface area contributed by atoms with Gasteiger partial charge in [0.25, 0.3) is 11.8 Å². The molecule has 4 aromatic heterocycles. The molecular weight excluding hydrogens is 818 g/mol. The largest absolute Gasteiger partial charge is 3.00 e. The number of aliphatic hydroxyl groups excluding tert-OH is 2. The third-order valence-electron chi connectivity index (χ3n) is 3.69. The monoisotopic (exact) mass is 844 g/mol. The van der Waals surface area contributed by atoms with E-state index < -0.39 is 27.1 Å². The number of amides is 2. The molecule has 0 aliphatic heterocycles. The fraction of sp³-hybridized carbons (Fsp3) is 0.0833. The van der Waals surface area contributed by atoms with E-state index in [2.05, 4.69) is 51.0 Å². The zero-order chi connectivity index (χ0) is 38.6. The van der Waals surface area contributed by atoms with E-state index in [4.69, 9.17) is 56.2 Å². The average molecular weight is 845 g/mol. The minimum atomic E-state index is -1.75. The molecule has 0 unspecified atom stereocenters. The number of aromatic nitrogens is 6. The van der Waals surface area contributed by atoms with Crippen LogP contribution in [0.15, 0.2) is 96.2 Å². The van der Waals surface area contributed by atoms with Crippen LogP contribution < -0.4 is 10.9 Å². The first-order valence-electron chi connectivity index (χ1n) is 12.3. The molecule has 51 heavy (non-hydrogen) atoms. The molecular formula is C24H26CeN13O13. The van der Waals surface area contributed by atoms with Crippen LogP contribution in [0.4, 0.5) is 0 Å². The molecule has 0 bridgehead atoms. The summed E-state index contributed by atoms with van der Waals surface area (Å²) in [6.07, 6.45) is 14.8. The van der Waals surface area contributed by atoms with Crippen molar-refractivity contribution in [1.82, 2.24) is 40.8 Å². The van der Waals surface area contributed by atoms with E-state index >= 15 is 0 Å². The summed E-state index contributed by atoms with van der Waals surface area (Å²) in [6.45, 7) is 0. The average Bonchev–Trinajstić information content (AvgIpc) is 3.11. The number of aliphatic hydroxyl groups is 2. The van der Waals surface area contributed by atoms with E-state index in [1.54, 1.807) is 36.7 Å². The number of pyridine rings is 2. The van der Waals surface area contributed by atoms with Crippen LogP contribution in [0.25, 0.3) is 0 Å². The van der Waals surface area contributed by atoms with E-state index in [9.17, 15) is 9.59 Å². The third-order valence-corrected chi connectivity index (χ3v) is 3.69. The molecule has 4 rings (SSSR count). The molecule has 0 aromatic carbocycles. The van der Waals surface area contributed by atoms with Crippen molar-refractivity contribution in [3.63, 3.8) is 0 Å². The summed E-state index contributed by atoms with van der Waals surface area (Å²) in [5.41, 5.74) is 6.42. The summed E-state index contributed by atoms with van der Waals surface area (Å²) < 4.78 is 0. The van der Waals surface area contributed by atoms with Crippen molar-refractivity contribution < 1.29 is 76.8 Å². The van der Waals surface area contributed by atoms with Gasteiger partial charge in [-0.1, -0.05) is 12.1 Å². The van der Waals surface area contributed by atoms with Gasteiger partial charge in [-0.25, -0.2) is 20.8 Å². The molecule has 0 spiro atoms. The van der Waals surface area contributed by atoms with Gasteiger partial charge in [-0.2, -0.15) is 10.2 Å². The van der Waals surface area contributed by atoms with Crippen LogP contribution in [0.1, 0.15) is 32.4 Å². The molecule has 0 saturated heterocycles. The number of carbonyl (C=O) groups excluding carboxylic acids is 2. The summed E-state index contributed by atoms with van der Waals surface area (Å²) in [4.78, 5) is 71.0. The Morgan fingerprint density at radius 3 is 1.14 bits per heavy atom. The van der Waals surface area contributed by atoms with Gasteiger partial charge < -0.3 is 56.2 Å². The van der Waals surface area contributed by atoms with E-state index in [0.717, 1.165) is 14.2 Å². The Morgan fingerprint density at radius 1 is 0.588 bits per heavy atom. The first-order chi connectivity index (χ1) is 23.9. The molecule has 27 heteroatoms. The Morgan fingerprint density at radius 2 is 0.902 bits per heavy atom. The Balaban J connectivity index is -0.000000303. The van der Waals surface area contributed by atoms with Crippen molar-refractivity contribution in [2.45, 2.75) is 0 Å². The molecule has 4 heterocycles. The maximum atomic E-state index is 11.5. The maximum absolute atomic E-state index is 11.5. The SMILES string of the molecule is CO.CO.O=C(N/N=C/c1ccccn1)c1cnccn1.O=C(N/N=C/c1ccccn1)c1cnccn1.O=[N+]([O-])[O-].O=[N+]([O-])[O-].O=[N+]([O-])[O-].[Ce+3]. The van der Waals surface area contributed by atoms with Crippen LogP contribution in [0, 0.1) is 87.7 Å². The first kappa shape index (κ1) is 51.5. The fourth-order valence-electron chi connectivity index (χ4n) is 2.17. The molecule has 269 valence electrons. The van der Waals surface area contributed by atoms with Gasteiger partial charge in [-0.05, 0) is 24.3 Å². The molecule has 0 atom stereocenters. The summed E-state index contributed by atoms with van der Waals surface area (Å²) in [7, 11) is 2.00. The second-order valence-corrected chi connectivity index (χ2v) is 6.76. The van der Waals surface area contributed by atoms with Crippen molar-refractivity contribution in [3.05, 3.63) is 155 Å². The summed E-state index contributed by atoms with van der Waals surface area (Å²) >= 11 is 0. The molecule has 0 saturated carbocycles. The van der Waals surface area contributed by atoms with Crippen molar-refractivity contribution in [2.24, 2.45) is 10.2 Å². The van der Waals surface area contributed by atoms with E-state index in [0.29, 0.717) is 11.4 Å². The second kappa shape index (κ2) is 36.5. The Bertz CT molecular complexity index is 1410. The predicted octanol–water partition coefficient (Wildman–Crippen LogP) is -0.229. The standard InChI is InChI=1S/2C11H9N5O.2CH4O.Ce.3NO3/c2*17-11(10-8-12-5-6-14-10)16-15-7-9-3-1-2-4-13-9;2*1-2;;3*2-1(3)4/h2*1-8H,(H,16,17);2*2H,1H3;;;;/q;;;;+3;3*-1/b2*15-7+;;;;;;. The summed E-state index contributed by atoms with van der Waals surface area (Å²) in [5, 5.41) is 65.8. The molecule has 2 amide bonds. The normalized spacial score (nSPS) is 8.55. The third kappa shape index (κ3) is 36.3. The summed E-state index contributed by atoms with van der Waals surface area (Å²) in [5.74, 6) is -0.824. The van der Waals surface area contributed by atoms with Crippen LogP contribution >= 0.6 is 0 Å². The van der Waals surface area contributed by atoms with Gasteiger partial charge >= 0.3 is 41.7 Å². The Kier molecular flexibility index (Phi) is 36.8. The molecule has 0 aliphatic rings. The topological polar surface area (TPSA) is 399 Å².